The van der Waals surface area contributed by atoms with Gasteiger partial charge in [0.25, 0.3) is 0 Å². The zero-order valence-corrected chi connectivity index (χ0v) is 14.2. The number of alkyl halides is 3. The van der Waals surface area contributed by atoms with Gasteiger partial charge in [0.05, 0.1) is 12.2 Å². The van der Waals surface area contributed by atoms with E-state index in [1.54, 1.807) is 0 Å². The number of nitrogens with one attached hydrogen (secondary N) is 2. The van der Waals surface area contributed by atoms with Crippen LogP contribution >= 0.6 is 0 Å². The van der Waals surface area contributed by atoms with E-state index in [0.29, 0.717) is 38.5 Å². The molecule has 0 aromatic carbocycles. The summed E-state index contributed by atoms with van der Waals surface area (Å²) >= 11 is 0. The van der Waals surface area contributed by atoms with Gasteiger partial charge in [-0.25, -0.2) is 4.79 Å². The molecule has 0 spiro atoms. The fourth-order valence-corrected chi connectivity index (χ4v) is 4.25. The number of halogens is 3. The molecule has 3 N–H and O–H groups in total. The second-order valence-corrected chi connectivity index (χ2v) is 7.63. The Balaban J connectivity index is 1.37. The van der Waals surface area contributed by atoms with Gasteiger partial charge < -0.3 is 20.5 Å². The van der Waals surface area contributed by atoms with Crippen LogP contribution in [0.2, 0.25) is 0 Å². The molecule has 4 saturated carbocycles. The molecule has 4 aliphatic carbocycles. The van der Waals surface area contributed by atoms with Crippen LogP contribution in [0.1, 0.15) is 51.4 Å². The molecule has 26 heavy (non-hydrogen) atoms. The molecule has 0 saturated heterocycles. The monoisotopic (exact) mass is 380 g/mol. The maximum absolute atomic E-state index is 12.1. The smallest absolute Gasteiger partial charge is 0.465 e. The van der Waals surface area contributed by atoms with Gasteiger partial charge in [0, 0.05) is 23.9 Å². The van der Waals surface area contributed by atoms with Crippen molar-refractivity contribution in [1.29, 1.82) is 0 Å². The lowest BCUT2D eigenvalue weighted by atomic mass is 9.61. The lowest BCUT2D eigenvalue weighted by Crippen LogP contribution is -2.64. The molecule has 2 amide bonds. The van der Waals surface area contributed by atoms with Crippen LogP contribution in [0.4, 0.5) is 18.0 Å². The fourth-order valence-electron chi connectivity index (χ4n) is 4.25. The van der Waals surface area contributed by atoms with Gasteiger partial charge in [0.1, 0.15) is 6.61 Å². The highest BCUT2D eigenvalue weighted by atomic mass is 19.4. The summed E-state index contributed by atoms with van der Waals surface area (Å²) < 4.78 is 45.4. The van der Waals surface area contributed by atoms with Crippen molar-refractivity contribution in [2.45, 2.75) is 81.0 Å². The number of fused-ring (bicyclic) bond motifs is 3. The van der Waals surface area contributed by atoms with Crippen LogP contribution < -0.4 is 10.6 Å². The highest BCUT2D eigenvalue weighted by Crippen LogP contribution is 2.46. The third kappa shape index (κ3) is 4.59. The van der Waals surface area contributed by atoms with Crippen molar-refractivity contribution >= 4 is 12.0 Å². The predicted molar refractivity (Wildman–Crippen MR) is 82.4 cm³/mol. The van der Waals surface area contributed by atoms with E-state index in [4.69, 9.17) is 9.84 Å². The van der Waals surface area contributed by atoms with E-state index in [9.17, 15) is 22.8 Å². The average Bonchev–Trinajstić information content (AvgIpc) is 2.49. The number of carboxylic acid groups (broad SMARTS) is 1. The Bertz CT molecular complexity index is 538. The molecule has 0 aromatic heterocycles. The van der Waals surface area contributed by atoms with E-state index in [-0.39, 0.29) is 36.4 Å². The highest BCUT2D eigenvalue weighted by Gasteiger charge is 2.50. The summed E-state index contributed by atoms with van der Waals surface area (Å²) in [6.07, 6.45) is -2.56. The van der Waals surface area contributed by atoms with Gasteiger partial charge in [-0.1, -0.05) is 0 Å². The molecule has 0 radical (unpaired) electrons. The first-order chi connectivity index (χ1) is 12.1. The molecule has 0 aromatic rings. The standard InChI is InChI=1S/C16H23F3N2O5/c17-16(18,19)26-11-7-10(8-11)25-9-12(22)20-14-1-4-15(5-2-14,6-3-14)21-13(23)24/h10-11,21H,1-9H2,(H,20,22)(H,23,24). The molecule has 0 atom stereocenters. The van der Waals surface area contributed by atoms with Gasteiger partial charge in [-0.3, -0.25) is 9.53 Å². The van der Waals surface area contributed by atoms with Gasteiger partial charge in [-0.2, -0.15) is 0 Å². The van der Waals surface area contributed by atoms with E-state index in [1.165, 1.54) is 0 Å². The van der Waals surface area contributed by atoms with Crippen LogP contribution in [0.3, 0.4) is 0 Å². The predicted octanol–water partition coefficient (Wildman–Crippen LogP) is 2.30. The Morgan fingerprint density at radius 2 is 1.46 bits per heavy atom. The minimum absolute atomic E-state index is 0.126. The maximum atomic E-state index is 12.1. The Kier molecular flexibility index (Phi) is 5.08. The number of hydrogen-bond acceptors (Lipinski definition) is 4. The SMILES string of the molecule is O=C(O)NC12CCC(NC(=O)COC3CC(OC(F)(F)F)C3)(CC1)CC2. The molecule has 0 heterocycles. The van der Waals surface area contributed by atoms with E-state index >= 15 is 0 Å². The normalized spacial score (nSPS) is 36.3. The number of carbonyl (C=O) groups is 2. The molecule has 0 unspecified atom stereocenters. The van der Waals surface area contributed by atoms with E-state index < -0.39 is 24.7 Å². The second kappa shape index (κ2) is 6.88. The molecule has 148 valence electrons. The summed E-state index contributed by atoms with van der Waals surface area (Å²) in [7, 11) is 0. The molecular formula is C16H23F3N2O5. The van der Waals surface area contributed by atoms with Crippen molar-refractivity contribution in [2.75, 3.05) is 6.61 Å². The van der Waals surface area contributed by atoms with Crippen molar-refractivity contribution in [3.8, 4) is 0 Å². The quantitative estimate of drug-likeness (QED) is 0.657. The number of ether oxygens (including phenoxy) is 2. The van der Waals surface area contributed by atoms with Crippen LogP contribution in [-0.4, -0.2) is 53.4 Å². The lowest BCUT2D eigenvalue weighted by molar-refractivity contribution is -0.357. The van der Waals surface area contributed by atoms with Gasteiger partial charge in [0.2, 0.25) is 5.91 Å². The van der Waals surface area contributed by atoms with Gasteiger partial charge in [-0.15, -0.1) is 13.2 Å². The highest BCUT2D eigenvalue weighted by molar-refractivity contribution is 5.78. The van der Waals surface area contributed by atoms with Crippen molar-refractivity contribution in [3.05, 3.63) is 0 Å². The first kappa shape index (κ1) is 19.2. The molecule has 4 fully saturated rings. The van der Waals surface area contributed by atoms with E-state index in [2.05, 4.69) is 15.4 Å². The van der Waals surface area contributed by atoms with Crippen LogP contribution in [0.25, 0.3) is 0 Å². The van der Waals surface area contributed by atoms with Crippen LogP contribution in [0.15, 0.2) is 0 Å². The number of hydrogen-bond donors (Lipinski definition) is 3. The molecular weight excluding hydrogens is 357 g/mol. The minimum Gasteiger partial charge on any atom is -0.465 e. The summed E-state index contributed by atoms with van der Waals surface area (Å²) in [6, 6.07) is 0. The Labute approximate surface area is 148 Å². The summed E-state index contributed by atoms with van der Waals surface area (Å²) in [4.78, 5) is 23.1. The molecule has 0 aliphatic heterocycles. The van der Waals surface area contributed by atoms with E-state index in [0.717, 1.165) is 0 Å². The molecule has 2 bridgehead atoms. The van der Waals surface area contributed by atoms with Crippen LogP contribution in [0, 0.1) is 0 Å². The van der Waals surface area contributed by atoms with Crippen LogP contribution in [-0.2, 0) is 14.3 Å². The summed E-state index contributed by atoms with van der Waals surface area (Å²) in [5.74, 6) is -0.286. The van der Waals surface area contributed by atoms with Crippen LogP contribution in [0.5, 0.6) is 0 Å². The Morgan fingerprint density at radius 1 is 0.962 bits per heavy atom. The minimum atomic E-state index is -4.64. The fraction of sp³-hybridized carbons (Fsp3) is 0.875. The summed E-state index contributed by atoms with van der Waals surface area (Å²) in [5.41, 5.74) is -0.710. The molecule has 10 heteroatoms. The van der Waals surface area contributed by atoms with Gasteiger partial charge in [-0.05, 0) is 38.5 Å². The number of amides is 2. The zero-order chi connectivity index (χ0) is 19.0. The van der Waals surface area contributed by atoms with Crippen molar-refractivity contribution in [1.82, 2.24) is 10.6 Å². The Morgan fingerprint density at radius 3 is 1.92 bits per heavy atom. The third-order valence-electron chi connectivity index (χ3n) is 5.82. The third-order valence-corrected chi connectivity index (χ3v) is 5.82. The summed E-state index contributed by atoms with van der Waals surface area (Å²) in [6.45, 7) is -0.191. The van der Waals surface area contributed by atoms with Crippen molar-refractivity contribution < 1.29 is 37.3 Å². The topological polar surface area (TPSA) is 96.9 Å². The number of rotatable bonds is 6. The number of carbonyl (C=O) groups excluding carboxylic acids is 1. The summed E-state index contributed by atoms with van der Waals surface area (Å²) in [5, 5.41) is 14.6. The molecule has 4 aliphatic rings. The average molecular weight is 380 g/mol. The van der Waals surface area contributed by atoms with E-state index in [1.807, 2.05) is 0 Å². The first-order valence-corrected chi connectivity index (χ1v) is 8.77. The van der Waals surface area contributed by atoms with Gasteiger partial charge in [0.15, 0.2) is 0 Å². The zero-order valence-electron chi connectivity index (χ0n) is 14.2. The second-order valence-electron chi connectivity index (χ2n) is 7.63. The molecule has 7 nitrogen and oxygen atoms in total. The maximum Gasteiger partial charge on any atom is 0.522 e. The van der Waals surface area contributed by atoms with Crippen molar-refractivity contribution in [2.24, 2.45) is 0 Å². The molecule has 4 rings (SSSR count). The van der Waals surface area contributed by atoms with Gasteiger partial charge >= 0.3 is 12.5 Å². The first-order valence-electron chi connectivity index (χ1n) is 8.77. The lowest BCUT2D eigenvalue weighted by Gasteiger charge is -2.53. The largest absolute Gasteiger partial charge is 0.522 e. The Hall–Kier alpha value is -1.55. The van der Waals surface area contributed by atoms with Crippen molar-refractivity contribution in [3.63, 3.8) is 0 Å².